The first-order chi connectivity index (χ1) is 9.61. The lowest BCUT2D eigenvalue weighted by Gasteiger charge is -2.13. The molecule has 1 amide bonds. The number of aldehydes is 1. The minimum atomic E-state index is -0.764. The molecule has 0 aliphatic rings. The maximum atomic E-state index is 12.0. The molecule has 2 aromatic rings. The Labute approximate surface area is 115 Å². The summed E-state index contributed by atoms with van der Waals surface area (Å²) in [6.07, 6.45) is 0.632. The third-order valence-electron chi connectivity index (χ3n) is 2.82. The zero-order chi connectivity index (χ0) is 14.5. The van der Waals surface area contributed by atoms with Crippen molar-refractivity contribution in [2.24, 2.45) is 0 Å². The van der Waals surface area contributed by atoms with Crippen molar-refractivity contribution in [2.75, 3.05) is 0 Å². The molecule has 1 unspecified atom stereocenters. The number of benzene rings is 2. The molecule has 0 aliphatic heterocycles. The van der Waals surface area contributed by atoms with Crippen molar-refractivity contribution < 1.29 is 19.8 Å². The van der Waals surface area contributed by atoms with Crippen LogP contribution in [0.4, 0.5) is 0 Å². The lowest BCUT2D eigenvalue weighted by atomic mass is 10.1. The molecule has 5 heteroatoms. The number of phenols is 2. The van der Waals surface area contributed by atoms with E-state index in [0.29, 0.717) is 11.8 Å². The van der Waals surface area contributed by atoms with Gasteiger partial charge in [-0.05, 0) is 23.8 Å². The molecule has 5 nitrogen and oxygen atoms in total. The number of amides is 1. The smallest absolute Gasteiger partial charge is 0.252 e. The van der Waals surface area contributed by atoms with E-state index in [1.807, 2.05) is 6.07 Å². The van der Waals surface area contributed by atoms with Gasteiger partial charge < -0.3 is 20.3 Å². The summed E-state index contributed by atoms with van der Waals surface area (Å²) in [5, 5.41) is 21.1. The normalized spacial score (nSPS) is 11.6. The Morgan fingerprint density at radius 3 is 2.35 bits per heavy atom. The van der Waals surface area contributed by atoms with Crippen LogP contribution < -0.4 is 5.32 Å². The number of hydrogen-bond donors (Lipinski definition) is 3. The molecule has 2 rings (SSSR count). The summed E-state index contributed by atoms with van der Waals surface area (Å²) in [5.74, 6) is -1.21. The molecule has 102 valence electrons. The third kappa shape index (κ3) is 2.95. The number of carbonyl (C=O) groups excluding carboxylic acids is 2. The molecule has 2 aromatic carbocycles. The summed E-state index contributed by atoms with van der Waals surface area (Å²) < 4.78 is 0. The van der Waals surface area contributed by atoms with Crippen LogP contribution in [0.15, 0.2) is 48.5 Å². The fourth-order valence-electron chi connectivity index (χ4n) is 1.75. The first kappa shape index (κ1) is 13.6. The minimum absolute atomic E-state index is 0.156. The highest BCUT2D eigenvalue weighted by Gasteiger charge is 2.15. The monoisotopic (exact) mass is 271 g/mol. The van der Waals surface area contributed by atoms with Crippen LogP contribution in [0.2, 0.25) is 0 Å². The van der Waals surface area contributed by atoms with Crippen LogP contribution in [0, 0.1) is 0 Å². The molecule has 1 atom stereocenters. The van der Waals surface area contributed by atoms with Gasteiger partial charge in [0.05, 0.1) is 0 Å². The maximum Gasteiger partial charge on any atom is 0.252 e. The summed E-state index contributed by atoms with van der Waals surface area (Å²) in [6.45, 7) is 0. The molecule has 3 N–H and O–H groups in total. The van der Waals surface area contributed by atoms with Gasteiger partial charge in [-0.1, -0.05) is 30.3 Å². The van der Waals surface area contributed by atoms with Gasteiger partial charge in [-0.2, -0.15) is 0 Å². The summed E-state index contributed by atoms with van der Waals surface area (Å²) in [4.78, 5) is 23.1. The van der Waals surface area contributed by atoms with E-state index in [1.165, 1.54) is 12.1 Å². The van der Waals surface area contributed by atoms with Crippen molar-refractivity contribution >= 4 is 12.2 Å². The summed E-state index contributed by atoms with van der Waals surface area (Å²) in [6, 6.07) is 11.7. The van der Waals surface area contributed by atoms with E-state index in [9.17, 15) is 19.8 Å². The molecule has 0 spiro atoms. The largest absolute Gasteiger partial charge is 0.504 e. The quantitative estimate of drug-likeness (QED) is 0.584. The zero-order valence-electron chi connectivity index (χ0n) is 10.5. The van der Waals surface area contributed by atoms with Crippen LogP contribution in [-0.4, -0.2) is 22.4 Å². The maximum absolute atomic E-state index is 12.0. The Morgan fingerprint density at radius 1 is 1.05 bits per heavy atom. The van der Waals surface area contributed by atoms with E-state index in [-0.39, 0.29) is 17.1 Å². The molecule has 0 bridgehead atoms. The SMILES string of the molecule is O=CC(NC(=O)c1ccc(O)c(O)c1)c1ccccc1. The van der Waals surface area contributed by atoms with Crippen LogP contribution in [-0.2, 0) is 4.79 Å². The summed E-state index contributed by atoms with van der Waals surface area (Å²) >= 11 is 0. The molecule has 20 heavy (non-hydrogen) atoms. The van der Waals surface area contributed by atoms with E-state index in [4.69, 9.17) is 0 Å². The van der Waals surface area contributed by atoms with Gasteiger partial charge >= 0.3 is 0 Å². The molecular formula is C15H13NO4. The predicted molar refractivity (Wildman–Crippen MR) is 72.5 cm³/mol. The van der Waals surface area contributed by atoms with Gasteiger partial charge in [-0.3, -0.25) is 4.79 Å². The number of hydrogen-bond acceptors (Lipinski definition) is 4. The Hall–Kier alpha value is -2.82. The Kier molecular flexibility index (Phi) is 4.00. The minimum Gasteiger partial charge on any atom is -0.504 e. The van der Waals surface area contributed by atoms with E-state index in [2.05, 4.69) is 5.32 Å². The first-order valence-electron chi connectivity index (χ1n) is 5.95. The molecule has 0 fully saturated rings. The van der Waals surface area contributed by atoms with Crippen LogP contribution >= 0.6 is 0 Å². The fraction of sp³-hybridized carbons (Fsp3) is 0.0667. The van der Waals surface area contributed by atoms with Gasteiger partial charge in [0.25, 0.3) is 5.91 Å². The summed E-state index contributed by atoms with van der Waals surface area (Å²) in [5.41, 5.74) is 0.821. The van der Waals surface area contributed by atoms with Gasteiger partial charge in [0.2, 0.25) is 0 Å². The molecule has 0 heterocycles. The van der Waals surface area contributed by atoms with Crippen molar-refractivity contribution in [3.63, 3.8) is 0 Å². The summed E-state index contributed by atoms with van der Waals surface area (Å²) in [7, 11) is 0. The Balaban J connectivity index is 2.17. The molecule has 0 saturated carbocycles. The zero-order valence-corrected chi connectivity index (χ0v) is 10.5. The number of carbonyl (C=O) groups is 2. The van der Waals surface area contributed by atoms with Crippen LogP contribution in [0.3, 0.4) is 0 Å². The predicted octanol–water partition coefficient (Wildman–Crippen LogP) is 1.77. The highest BCUT2D eigenvalue weighted by Crippen LogP contribution is 2.25. The number of nitrogens with one attached hydrogen (secondary N) is 1. The second-order valence-corrected chi connectivity index (χ2v) is 4.20. The Morgan fingerprint density at radius 2 is 1.75 bits per heavy atom. The van der Waals surface area contributed by atoms with E-state index in [0.717, 1.165) is 6.07 Å². The number of aromatic hydroxyl groups is 2. The van der Waals surface area contributed by atoms with Crippen molar-refractivity contribution in [2.45, 2.75) is 6.04 Å². The molecule has 0 aliphatic carbocycles. The standard InChI is InChI=1S/C15H13NO4/c17-9-12(10-4-2-1-3-5-10)16-15(20)11-6-7-13(18)14(19)8-11/h1-9,12,18-19H,(H,16,20). The lowest BCUT2D eigenvalue weighted by molar-refractivity contribution is -0.109. The van der Waals surface area contributed by atoms with Crippen molar-refractivity contribution in [3.05, 3.63) is 59.7 Å². The van der Waals surface area contributed by atoms with Crippen molar-refractivity contribution in [1.29, 1.82) is 0 Å². The molecule has 0 aromatic heterocycles. The molecular weight excluding hydrogens is 258 g/mol. The molecule has 0 radical (unpaired) electrons. The van der Waals surface area contributed by atoms with Gasteiger partial charge in [-0.25, -0.2) is 0 Å². The average molecular weight is 271 g/mol. The van der Waals surface area contributed by atoms with E-state index < -0.39 is 11.9 Å². The van der Waals surface area contributed by atoms with Crippen molar-refractivity contribution in [1.82, 2.24) is 5.32 Å². The fourth-order valence-corrected chi connectivity index (χ4v) is 1.75. The van der Waals surface area contributed by atoms with Crippen molar-refractivity contribution in [3.8, 4) is 11.5 Å². The number of rotatable bonds is 4. The van der Waals surface area contributed by atoms with Gasteiger partial charge in [0.1, 0.15) is 12.3 Å². The van der Waals surface area contributed by atoms with Gasteiger partial charge in [-0.15, -0.1) is 0 Å². The lowest BCUT2D eigenvalue weighted by Crippen LogP contribution is -2.29. The van der Waals surface area contributed by atoms with Crippen LogP contribution in [0.25, 0.3) is 0 Å². The first-order valence-corrected chi connectivity index (χ1v) is 5.95. The second kappa shape index (κ2) is 5.88. The van der Waals surface area contributed by atoms with Crippen LogP contribution in [0.5, 0.6) is 11.5 Å². The third-order valence-corrected chi connectivity index (χ3v) is 2.82. The molecule has 0 saturated heterocycles. The van der Waals surface area contributed by atoms with Gasteiger partial charge in [0, 0.05) is 5.56 Å². The van der Waals surface area contributed by atoms with Crippen LogP contribution in [0.1, 0.15) is 22.0 Å². The average Bonchev–Trinajstić information content (AvgIpc) is 2.48. The Bertz CT molecular complexity index is 625. The van der Waals surface area contributed by atoms with E-state index in [1.54, 1.807) is 24.3 Å². The van der Waals surface area contributed by atoms with Gasteiger partial charge in [0.15, 0.2) is 11.5 Å². The topological polar surface area (TPSA) is 86.6 Å². The highest BCUT2D eigenvalue weighted by molar-refractivity contribution is 5.96. The second-order valence-electron chi connectivity index (χ2n) is 4.20. The van der Waals surface area contributed by atoms with E-state index >= 15 is 0 Å². The highest BCUT2D eigenvalue weighted by atomic mass is 16.3. The number of phenolic OH excluding ortho intramolecular Hbond substituents is 2.